The summed E-state index contributed by atoms with van der Waals surface area (Å²) in [5.41, 5.74) is 3.08. The number of hydrogen-bond acceptors (Lipinski definition) is 6. The molecule has 162 valence electrons. The van der Waals surface area contributed by atoms with Crippen molar-refractivity contribution in [3.8, 4) is 28.5 Å². The summed E-state index contributed by atoms with van der Waals surface area (Å²) in [5, 5.41) is 5.25. The summed E-state index contributed by atoms with van der Waals surface area (Å²) in [6.07, 6.45) is 0. The molecular weight excluding hydrogens is 424 g/mol. The molecule has 1 aromatic heterocycles. The molecule has 0 saturated heterocycles. The molecule has 0 fully saturated rings. The molecule has 6 nitrogen and oxygen atoms in total. The molecule has 0 saturated carbocycles. The maximum absolute atomic E-state index is 12.9. The smallest absolute Gasteiger partial charge is 0.261 e. The van der Waals surface area contributed by atoms with E-state index in [-0.39, 0.29) is 5.91 Å². The summed E-state index contributed by atoms with van der Waals surface area (Å²) >= 11 is 1.35. The van der Waals surface area contributed by atoms with Crippen LogP contribution in [0.4, 0.5) is 5.13 Å². The Hall–Kier alpha value is -3.84. The second kappa shape index (κ2) is 9.98. The van der Waals surface area contributed by atoms with Crippen LogP contribution in [0, 0.1) is 0 Å². The third-order valence-corrected chi connectivity index (χ3v) is 5.53. The molecule has 0 aliphatic carbocycles. The molecule has 0 unspecified atom stereocenters. The number of para-hydroxylation sites is 1. The largest absolute Gasteiger partial charge is 0.493 e. The first-order valence-electron chi connectivity index (χ1n) is 9.93. The van der Waals surface area contributed by atoms with Crippen molar-refractivity contribution in [2.24, 2.45) is 0 Å². The van der Waals surface area contributed by atoms with Crippen molar-refractivity contribution in [3.63, 3.8) is 0 Å². The van der Waals surface area contributed by atoms with Gasteiger partial charge in [-0.25, -0.2) is 4.98 Å². The van der Waals surface area contributed by atoms with Gasteiger partial charge in [0.05, 0.1) is 25.5 Å². The van der Waals surface area contributed by atoms with Crippen molar-refractivity contribution in [1.29, 1.82) is 0 Å². The van der Waals surface area contributed by atoms with Gasteiger partial charge in [-0.05, 0) is 35.9 Å². The Morgan fingerprint density at radius 2 is 1.66 bits per heavy atom. The number of carbonyl (C=O) groups is 1. The molecule has 0 aliphatic rings. The van der Waals surface area contributed by atoms with Crippen LogP contribution in [0.1, 0.15) is 15.9 Å². The molecule has 0 atom stereocenters. The summed E-state index contributed by atoms with van der Waals surface area (Å²) in [6, 6.07) is 22.6. The summed E-state index contributed by atoms with van der Waals surface area (Å²) in [5.74, 6) is 1.51. The molecule has 0 spiro atoms. The highest BCUT2D eigenvalue weighted by Gasteiger charge is 2.15. The molecule has 32 heavy (non-hydrogen) atoms. The second-order valence-electron chi connectivity index (χ2n) is 6.83. The van der Waals surface area contributed by atoms with Crippen LogP contribution in [0.3, 0.4) is 0 Å². The van der Waals surface area contributed by atoms with E-state index in [0.717, 1.165) is 16.8 Å². The topological polar surface area (TPSA) is 69.7 Å². The van der Waals surface area contributed by atoms with Gasteiger partial charge in [-0.15, -0.1) is 11.3 Å². The van der Waals surface area contributed by atoms with Crippen molar-refractivity contribution < 1.29 is 19.0 Å². The first-order chi connectivity index (χ1) is 15.7. The number of hydrogen-bond donors (Lipinski definition) is 1. The number of nitrogens with one attached hydrogen (secondary N) is 1. The van der Waals surface area contributed by atoms with E-state index in [2.05, 4.69) is 10.3 Å². The third kappa shape index (κ3) is 4.90. The number of aromatic nitrogens is 1. The van der Waals surface area contributed by atoms with Crippen LogP contribution < -0.4 is 19.5 Å². The number of benzene rings is 3. The molecule has 4 aromatic rings. The van der Waals surface area contributed by atoms with Gasteiger partial charge in [0, 0.05) is 10.9 Å². The van der Waals surface area contributed by atoms with Gasteiger partial charge < -0.3 is 14.2 Å². The second-order valence-corrected chi connectivity index (χ2v) is 7.69. The monoisotopic (exact) mass is 446 g/mol. The number of methoxy groups -OCH3 is 2. The summed E-state index contributed by atoms with van der Waals surface area (Å²) in [4.78, 5) is 17.5. The first kappa shape index (κ1) is 21.4. The summed E-state index contributed by atoms with van der Waals surface area (Å²) in [6.45, 7) is 0.381. The average Bonchev–Trinajstić information content (AvgIpc) is 3.31. The molecule has 0 bridgehead atoms. The summed E-state index contributed by atoms with van der Waals surface area (Å²) < 4.78 is 16.5. The van der Waals surface area contributed by atoms with Gasteiger partial charge in [0.25, 0.3) is 5.91 Å². The van der Waals surface area contributed by atoms with Gasteiger partial charge in [0.2, 0.25) is 0 Å². The van der Waals surface area contributed by atoms with Gasteiger partial charge in [0.15, 0.2) is 16.6 Å². The molecule has 1 heterocycles. The lowest BCUT2D eigenvalue weighted by Gasteiger charge is -2.11. The van der Waals surface area contributed by atoms with Crippen molar-refractivity contribution in [3.05, 3.63) is 89.3 Å². The van der Waals surface area contributed by atoms with Crippen LogP contribution in [-0.2, 0) is 6.61 Å². The van der Waals surface area contributed by atoms with E-state index < -0.39 is 0 Å². The fourth-order valence-corrected chi connectivity index (χ4v) is 3.85. The molecule has 0 aliphatic heterocycles. The van der Waals surface area contributed by atoms with Crippen LogP contribution in [0.2, 0.25) is 0 Å². The molecule has 4 rings (SSSR count). The number of amides is 1. The van der Waals surface area contributed by atoms with Crippen molar-refractivity contribution in [2.45, 2.75) is 6.61 Å². The Kier molecular flexibility index (Phi) is 6.67. The van der Waals surface area contributed by atoms with Gasteiger partial charge >= 0.3 is 0 Å². The van der Waals surface area contributed by atoms with E-state index in [1.54, 1.807) is 32.4 Å². The quantitative estimate of drug-likeness (QED) is 0.378. The molecule has 1 amide bonds. The molecular formula is C25H22N2O4S. The molecule has 3 aromatic carbocycles. The van der Waals surface area contributed by atoms with Gasteiger partial charge in [-0.3, -0.25) is 10.1 Å². The minimum Gasteiger partial charge on any atom is -0.493 e. The van der Waals surface area contributed by atoms with E-state index in [4.69, 9.17) is 14.2 Å². The molecule has 1 N–H and O–H groups in total. The van der Waals surface area contributed by atoms with Crippen LogP contribution in [0.25, 0.3) is 11.3 Å². The average molecular weight is 447 g/mol. The highest BCUT2D eigenvalue weighted by molar-refractivity contribution is 7.14. The minimum absolute atomic E-state index is 0.276. The lowest BCUT2D eigenvalue weighted by atomic mass is 10.1. The number of thiazole rings is 1. The SMILES string of the molecule is COc1ccc(-c2csc(NC(=O)c3ccccc3OCc3ccccc3)n2)cc1OC. The van der Waals surface area contributed by atoms with Crippen molar-refractivity contribution >= 4 is 22.4 Å². The van der Waals surface area contributed by atoms with E-state index in [1.165, 1.54) is 11.3 Å². The number of rotatable bonds is 8. The Balaban J connectivity index is 1.48. The highest BCUT2D eigenvalue weighted by Crippen LogP contribution is 2.33. The van der Waals surface area contributed by atoms with E-state index in [1.807, 2.05) is 60.0 Å². The number of carbonyl (C=O) groups excluding carboxylic acids is 1. The zero-order chi connectivity index (χ0) is 22.3. The van der Waals surface area contributed by atoms with Crippen molar-refractivity contribution in [2.75, 3.05) is 19.5 Å². The van der Waals surface area contributed by atoms with Gasteiger partial charge in [-0.1, -0.05) is 42.5 Å². The highest BCUT2D eigenvalue weighted by atomic mass is 32.1. The molecule has 0 radical (unpaired) electrons. The van der Waals surface area contributed by atoms with Crippen LogP contribution in [0.15, 0.2) is 78.2 Å². The van der Waals surface area contributed by atoms with E-state index in [9.17, 15) is 4.79 Å². The Morgan fingerprint density at radius 1 is 0.906 bits per heavy atom. The zero-order valence-corrected chi connectivity index (χ0v) is 18.5. The minimum atomic E-state index is -0.276. The lowest BCUT2D eigenvalue weighted by molar-refractivity contribution is 0.102. The molecule has 7 heteroatoms. The standard InChI is InChI=1S/C25H22N2O4S/c1-29-22-13-12-18(14-23(22)30-2)20-16-32-25(26-20)27-24(28)19-10-6-7-11-21(19)31-15-17-8-4-3-5-9-17/h3-14,16H,15H2,1-2H3,(H,26,27,28). The first-order valence-corrected chi connectivity index (χ1v) is 10.8. The van der Waals surface area contributed by atoms with Gasteiger partial charge in [-0.2, -0.15) is 0 Å². The fraction of sp³-hybridized carbons (Fsp3) is 0.120. The number of ether oxygens (including phenoxy) is 3. The van der Waals surface area contributed by atoms with Crippen LogP contribution >= 0.6 is 11.3 Å². The maximum atomic E-state index is 12.9. The van der Waals surface area contributed by atoms with Crippen LogP contribution in [0.5, 0.6) is 17.2 Å². The Bertz CT molecular complexity index is 1210. The van der Waals surface area contributed by atoms with Gasteiger partial charge in [0.1, 0.15) is 12.4 Å². The Morgan fingerprint density at radius 3 is 2.44 bits per heavy atom. The van der Waals surface area contributed by atoms with Crippen molar-refractivity contribution in [1.82, 2.24) is 4.98 Å². The van der Waals surface area contributed by atoms with E-state index >= 15 is 0 Å². The Labute approximate surface area is 190 Å². The number of nitrogens with zero attached hydrogens (tertiary/aromatic N) is 1. The summed E-state index contributed by atoms with van der Waals surface area (Å²) in [7, 11) is 3.18. The normalized spacial score (nSPS) is 10.4. The number of anilines is 1. The fourth-order valence-electron chi connectivity index (χ4n) is 3.14. The van der Waals surface area contributed by atoms with E-state index in [0.29, 0.717) is 34.6 Å². The maximum Gasteiger partial charge on any atom is 0.261 e. The van der Waals surface area contributed by atoms with Crippen LogP contribution in [-0.4, -0.2) is 25.1 Å². The lowest BCUT2D eigenvalue weighted by Crippen LogP contribution is -2.13. The zero-order valence-electron chi connectivity index (χ0n) is 17.7. The third-order valence-electron chi connectivity index (χ3n) is 4.77. The predicted molar refractivity (Wildman–Crippen MR) is 126 cm³/mol. The predicted octanol–water partition coefficient (Wildman–Crippen LogP) is 5.66.